The van der Waals surface area contributed by atoms with Gasteiger partial charge in [-0.1, -0.05) is 0 Å². The van der Waals surface area contributed by atoms with Crippen LogP contribution in [0.15, 0.2) is 0 Å². The molecule has 1 N–H and O–H groups in total. The summed E-state index contributed by atoms with van der Waals surface area (Å²) < 4.78 is 10.7. The predicted octanol–water partition coefficient (Wildman–Crippen LogP) is 0.984. The molecule has 0 aromatic rings. The molecular weight excluding hydrogens is 220 g/mol. The van der Waals surface area contributed by atoms with Crippen molar-refractivity contribution in [3.63, 3.8) is 0 Å². The van der Waals surface area contributed by atoms with Gasteiger partial charge in [-0.05, 0) is 33.7 Å². The molecule has 0 radical (unpaired) electrons. The van der Waals surface area contributed by atoms with Gasteiger partial charge in [-0.2, -0.15) is 0 Å². The number of amides is 1. The number of carbonyl (C=O) groups excluding carboxylic acids is 1. The van der Waals surface area contributed by atoms with Gasteiger partial charge in [0.25, 0.3) is 0 Å². The van der Waals surface area contributed by atoms with Crippen LogP contribution < -0.4 is 5.32 Å². The molecule has 2 fully saturated rings. The van der Waals surface area contributed by atoms with Crippen LogP contribution in [0.25, 0.3) is 0 Å². The molecule has 0 saturated carbocycles. The van der Waals surface area contributed by atoms with Gasteiger partial charge in [-0.15, -0.1) is 0 Å². The highest BCUT2D eigenvalue weighted by Gasteiger charge is 2.38. The van der Waals surface area contributed by atoms with Crippen LogP contribution in [0, 0.1) is 0 Å². The van der Waals surface area contributed by atoms with Crippen LogP contribution in [0.3, 0.4) is 0 Å². The molecule has 0 unspecified atom stereocenters. The van der Waals surface area contributed by atoms with Gasteiger partial charge in [0.15, 0.2) is 0 Å². The number of nitrogens with zero attached hydrogens (tertiary/aromatic N) is 1. The molecule has 0 spiro atoms. The molecule has 2 aliphatic heterocycles. The Bertz CT molecular complexity index is 278. The normalized spacial score (nSPS) is 25.5. The molecule has 1 amide bonds. The Hall–Kier alpha value is -0.810. The van der Waals surface area contributed by atoms with E-state index in [1.54, 1.807) is 0 Å². The molecule has 0 aliphatic carbocycles. The lowest BCUT2D eigenvalue weighted by atomic mass is 10.1. The second-order valence-electron chi connectivity index (χ2n) is 5.73. The first kappa shape index (κ1) is 12.6. The van der Waals surface area contributed by atoms with E-state index in [9.17, 15) is 4.79 Å². The largest absolute Gasteiger partial charge is 0.444 e. The summed E-state index contributed by atoms with van der Waals surface area (Å²) in [6.07, 6.45) is 0.787. The highest BCUT2D eigenvalue weighted by atomic mass is 16.6. The van der Waals surface area contributed by atoms with Crippen molar-refractivity contribution in [2.24, 2.45) is 0 Å². The second kappa shape index (κ2) is 4.82. The maximum atomic E-state index is 12.2. The Morgan fingerprint density at radius 3 is 2.47 bits per heavy atom. The fourth-order valence-corrected chi connectivity index (χ4v) is 2.17. The molecule has 0 aromatic carbocycles. The van der Waals surface area contributed by atoms with Crippen LogP contribution in [-0.4, -0.2) is 55.0 Å². The molecule has 0 bridgehead atoms. The highest BCUT2D eigenvalue weighted by molar-refractivity contribution is 5.69. The summed E-state index contributed by atoms with van der Waals surface area (Å²) in [7, 11) is 0. The van der Waals surface area contributed by atoms with Crippen molar-refractivity contribution in [2.75, 3.05) is 26.3 Å². The molecule has 1 atom stereocenters. The van der Waals surface area contributed by atoms with Gasteiger partial charge in [0.05, 0.1) is 19.3 Å². The van der Waals surface area contributed by atoms with Crippen LogP contribution in [0.1, 0.15) is 27.2 Å². The van der Waals surface area contributed by atoms with E-state index < -0.39 is 5.60 Å². The number of hydrogen-bond donors (Lipinski definition) is 1. The van der Waals surface area contributed by atoms with Crippen LogP contribution >= 0.6 is 0 Å². The Kier molecular flexibility index (Phi) is 3.58. The van der Waals surface area contributed by atoms with E-state index in [0.717, 1.165) is 19.5 Å². The van der Waals surface area contributed by atoms with Gasteiger partial charge in [0, 0.05) is 12.6 Å². The average Bonchev–Trinajstić information content (AvgIpc) is 2.59. The van der Waals surface area contributed by atoms with Crippen molar-refractivity contribution in [1.29, 1.82) is 0 Å². The maximum absolute atomic E-state index is 12.2. The minimum absolute atomic E-state index is 0.190. The minimum atomic E-state index is -0.439. The van der Waals surface area contributed by atoms with E-state index in [4.69, 9.17) is 9.47 Å². The van der Waals surface area contributed by atoms with Crippen LogP contribution in [0.2, 0.25) is 0 Å². The molecule has 5 heteroatoms. The molecule has 2 aliphatic rings. The van der Waals surface area contributed by atoms with Gasteiger partial charge < -0.3 is 14.8 Å². The average molecular weight is 242 g/mol. The van der Waals surface area contributed by atoms with Gasteiger partial charge in [0.2, 0.25) is 0 Å². The summed E-state index contributed by atoms with van der Waals surface area (Å²) in [6.45, 7) is 8.78. The third-order valence-electron chi connectivity index (χ3n) is 3.05. The van der Waals surface area contributed by atoms with Gasteiger partial charge in [-0.3, -0.25) is 4.90 Å². The summed E-state index contributed by atoms with van der Waals surface area (Å²) in [4.78, 5) is 14.1. The number of hydrogen-bond acceptors (Lipinski definition) is 4. The first-order valence-corrected chi connectivity index (χ1v) is 6.27. The van der Waals surface area contributed by atoms with Crippen LogP contribution in [-0.2, 0) is 9.47 Å². The van der Waals surface area contributed by atoms with Crippen molar-refractivity contribution in [3.8, 4) is 0 Å². The summed E-state index contributed by atoms with van der Waals surface area (Å²) in [5.74, 6) is 0. The van der Waals surface area contributed by atoms with Crippen molar-refractivity contribution < 1.29 is 14.3 Å². The fourth-order valence-electron chi connectivity index (χ4n) is 2.17. The topological polar surface area (TPSA) is 50.8 Å². The smallest absolute Gasteiger partial charge is 0.410 e. The van der Waals surface area contributed by atoms with Crippen molar-refractivity contribution in [3.05, 3.63) is 0 Å². The number of ether oxygens (including phenoxy) is 2. The number of rotatable bonds is 2. The third kappa shape index (κ3) is 3.10. The van der Waals surface area contributed by atoms with E-state index >= 15 is 0 Å². The molecule has 17 heavy (non-hydrogen) atoms. The van der Waals surface area contributed by atoms with E-state index in [1.165, 1.54) is 0 Å². The van der Waals surface area contributed by atoms with Crippen molar-refractivity contribution >= 4 is 6.09 Å². The molecule has 2 heterocycles. The first-order chi connectivity index (χ1) is 7.97. The Balaban J connectivity index is 2.01. The summed E-state index contributed by atoms with van der Waals surface area (Å²) >= 11 is 0. The lowest BCUT2D eigenvalue weighted by molar-refractivity contribution is -0.0806. The lowest BCUT2D eigenvalue weighted by Gasteiger charge is -2.41. The maximum Gasteiger partial charge on any atom is 0.410 e. The van der Waals surface area contributed by atoms with Crippen LogP contribution in [0.4, 0.5) is 4.79 Å². The van der Waals surface area contributed by atoms with Crippen molar-refractivity contribution in [1.82, 2.24) is 10.2 Å². The highest BCUT2D eigenvalue weighted by Crippen LogP contribution is 2.21. The lowest BCUT2D eigenvalue weighted by Crippen LogP contribution is -2.57. The van der Waals surface area contributed by atoms with Crippen LogP contribution in [0.5, 0.6) is 0 Å². The molecule has 0 aromatic heterocycles. The summed E-state index contributed by atoms with van der Waals surface area (Å²) in [5, 5.41) is 3.28. The Labute approximate surface area is 102 Å². The second-order valence-corrected chi connectivity index (χ2v) is 5.73. The summed E-state index contributed by atoms with van der Waals surface area (Å²) in [6, 6.07) is 0.438. The fraction of sp³-hybridized carbons (Fsp3) is 0.917. The number of carbonyl (C=O) groups is 1. The predicted molar refractivity (Wildman–Crippen MR) is 64.0 cm³/mol. The van der Waals surface area contributed by atoms with E-state index in [1.807, 2.05) is 25.7 Å². The zero-order valence-electron chi connectivity index (χ0n) is 10.9. The SMILES string of the molecule is CC(C)(C)OC(=O)N(C1COC1)[C@@H]1CCNC1. The standard InChI is InChI=1S/C12H22N2O3/c1-12(2,3)17-11(15)14(10-7-16-8-10)9-4-5-13-6-9/h9-10,13H,4-8H2,1-3H3/t9-/m1/s1. The first-order valence-electron chi connectivity index (χ1n) is 6.27. The Morgan fingerprint density at radius 2 is 2.06 bits per heavy atom. The van der Waals surface area contributed by atoms with E-state index in [0.29, 0.717) is 13.2 Å². The van der Waals surface area contributed by atoms with Gasteiger partial charge in [0.1, 0.15) is 5.60 Å². The monoisotopic (exact) mass is 242 g/mol. The molecule has 5 nitrogen and oxygen atoms in total. The van der Waals surface area contributed by atoms with Crippen molar-refractivity contribution in [2.45, 2.75) is 44.9 Å². The Morgan fingerprint density at radius 1 is 1.35 bits per heavy atom. The molecule has 2 rings (SSSR count). The third-order valence-corrected chi connectivity index (χ3v) is 3.05. The molecular formula is C12H22N2O3. The zero-order chi connectivity index (χ0) is 12.5. The molecule has 98 valence electrons. The van der Waals surface area contributed by atoms with Gasteiger partial charge in [-0.25, -0.2) is 4.79 Å². The molecule has 2 saturated heterocycles. The quantitative estimate of drug-likeness (QED) is 0.784. The van der Waals surface area contributed by atoms with E-state index in [-0.39, 0.29) is 18.2 Å². The zero-order valence-corrected chi connectivity index (χ0v) is 10.9. The van der Waals surface area contributed by atoms with E-state index in [2.05, 4.69) is 5.32 Å². The summed E-state index contributed by atoms with van der Waals surface area (Å²) in [5.41, 5.74) is -0.439. The van der Waals surface area contributed by atoms with Gasteiger partial charge >= 0.3 is 6.09 Å². The minimum Gasteiger partial charge on any atom is -0.444 e. The number of nitrogens with one attached hydrogen (secondary N) is 1.